The lowest BCUT2D eigenvalue weighted by atomic mass is 9.81. The molecule has 2 aliphatic rings. The zero-order valence-corrected chi connectivity index (χ0v) is 17.8. The number of ether oxygens (including phenoxy) is 1. The van der Waals surface area contributed by atoms with Crippen molar-refractivity contribution in [1.82, 2.24) is 10.2 Å². The number of carbonyl (C=O) groups is 3. The Morgan fingerprint density at radius 2 is 1.76 bits per heavy atom. The molecule has 3 rings (SSSR count). The highest BCUT2D eigenvalue weighted by molar-refractivity contribution is 6.05. The molecule has 1 saturated carbocycles. The third kappa shape index (κ3) is 4.98. The number of hydrogen-bond acceptors (Lipinski definition) is 4. The van der Waals surface area contributed by atoms with E-state index < -0.39 is 0 Å². The minimum absolute atomic E-state index is 0.0790. The first-order valence-electron chi connectivity index (χ1n) is 10.7. The predicted molar refractivity (Wildman–Crippen MR) is 111 cm³/mol. The Morgan fingerprint density at radius 1 is 1.10 bits per heavy atom. The molecule has 0 radical (unpaired) electrons. The molecular formula is C23H32N2O4. The fourth-order valence-corrected chi connectivity index (χ4v) is 4.39. The van der Waals surface area contributed by atoms with Crippen LogP contribution in [0.2, 0.25) is 0 Å². The Balaban J connectivity index is 1.36. The van der Waals surface area contributed by atoms with E-state index in [0.29, 0.717) is 19.6 Å². The molecule has 1 saturated heterocycles. The number of imide groups is 1. The Morgan fingerprint density at radius 3 is 2.41 bits per heavy atom. The molecule has 3 amide bonds. The van der Waals surface area contributed by atoms with Gasteiger partial charge in [-0.2, -0.15) is 0 Å². The average molecular weight is 401 g/mol. The first-order valence-corrected chi connectivity index (χ1v) is 10.7. The zero-order valence-electron chi connectivity index (χ0n) is 17.8. The molecule has 0 spiro atoms. The van der Waals surface area contributed by atoms with Crippen LogP contribution in [-0.2, 0) is 14.4 Å². The quantitative estimate of drug-likeness (QED) is 0.538. The van der Waals surface area contributed by atoms with Gasteiger partial charge in [-0.3, -0.25) is 19.3 Å². The van der Waals surface area contributed by atoms with Crippen molar-refractivity contribution in [3.63, 3.8) is 0 Å². The number of amides is 3. The van der Waals surface area contributed by atoms with E-state index in [1.807, 2.05) is 19.9 Å². The van der Waals surface area contributed by atoms with Gasteiger partial charge in [0.2, 0.25) is 17.7 Å². The van der Waals surface area contributed by atoms with Crippen LogP contribution in [0.15, 0.2) is 12.1 Å². The summed E-state index contributed by atoms with van der Waals surface area (Å²) in [7, 11) is 0. The van der Waals surface area contributed by atoms with E-state index in [4.69, 9.17) is 4.74 Å². The molecule has 29 heavy (non-hydrogen) atoms. The van der Waals surface area contributed by atoms with Crippen molar-refractivity contribution in [3.8, 4) is 5.75 Å². The minimum atomic E-state index is -0.148. The second-order valence-electron chi connectivity index (χ2n) is 8.33. The smallest absolute Gasteiger partial charge is 0.233 e. The van der Waals surface area contributed by atoms with Crippen molar-refractivity contribution in [2.45, 2.75) is 59.3 Å². The number of nitrogens with one attached hydrogen (secondary N) is 1. The highest BCUT2D eigenvalue weighted by atomic mass is 16.5. The van der Waals surface area contributed by atoms with Gasteiger partial charge in [-0.15, -0.1) is 0 Å². The molecule has 1 N–H and O–H groups in total. The van der Waals surface area contributed by atoms with Crippen LogP contribution in [-0.4, -0.2) is 42.3 Å². The van der Waals surface area contributed by atoms with Crippen LogP contribution in [0.3, 0.4) is 0 Å². The molecule has 6 heteroatoms. The van der Waals surface area contributed by atoms with Crippen LogP contribution in [0.4, 0.5) is 0 Å². The molecule has 0 aromatic heterocycles. The molecular weight excluding hydrogens is 368 g/mol. The summed E-state index contributed by atoms with van der Waals surface area (Å²) in [5.41, 5.74) is 3.52. The van der Waals surface area contributed by atoms with Crippen LogP contribution >= 0.6 is 0 Å². The number of nitrogens with zero attached hydrogens (tertiary/aromatic N) is 1. The summed E-state index contributed by atoms with van der Waals surface area (Å²) < 4.78 is 5.85. The Labute approximate surface area is 173 Å². The van der Waals surface area contributed by atoms with Crippen LogP contribution in [0.5, 0.6) is 5.75 Å². The van der Waals surface area contributed by atoms with Gasteiger partial charge < -0.3 is 10.1 Å². The molecule has 1 aliphatic carbocycles. The van der Waals surface area contributed by atoms with Gasteiger partial charge in [0.1, 0.15) is 5.75 Å². The third-order valence-corrected chi connectivity index (χ3v) is 6.16. The number of aryl methyl sites for hydroxylation is 2. The second-order valence-corrected chi connectivity index (χ2v) is 8.33. The lowest BCUT2D eigenvalue weighted by Crippen LogP contribution is -2.35. The fraction of sp³-hybridized carbons (Fsp3) is 0.609. The lowest BCUT2D eigenvalue weighted by molar-refractivity contribution is -0.140. The van der Waals surface area contributed by atoms with Gasteiger partial charge in [0.15, 0.2) is 0 Å². The van der Waals surface area contributed by atoms with Gasteiger partial charge in [0.25, 0.3) is 0 Å². The second kappa shape index (κ2) is 9.42. The van der Waals surface area contributed by atoms with E-state index in [1.54, 1.807) is 0 Å². The molecule has 2 atom stereocenters. The molecule has 2 fully saturated rings. The number of likely N-dealkylation sites (tertiary alicyclic amines) is 1. The Bertz CT molecular complexity index is 765. The maximum absolute atomic E-state index is 12.4. The van der Waals surface area contributed by atoms with E-state index in [9.17, 15) is 14.4 Å². The molecule has 0 unspecified atom stereocenters. The lowest BCUT2D eigenvalue weighted by Gasteiger charge is -2.19. The molecule has 1 aliphatic heterocycles. The standard InChI is InChI=1S/C23H32N2O4/c1-15-13-16(2)17(3)20(14-15)29-12-6-10-24-21(26)9-11-25-22(27)18-7-4-5-8-19(18)23(25)28/h13-14,18-19H,4-12H2,1-3H3,(H,24,26)/t18-,19+. The van der Waals surface area contributed by atoms with Crippen LogP contribution < -0.4 is 10.1 Å². The highest BCUT2D eigenvalue weighted by Gasteiger charge is 2.47. The third-order valence-electron chi connectivity index (χ3n) is 6.16. The minimum Gasteiger partial charge on any atom is -0.493 e. The zero-order chi connectivity index (χ0) is 21.0. The molecule has 1 aromatic carbocycles. The fourth-order valence-electron chi connectivity index (χ4n) is 4.39. The Hall–Kier alpha value is -2.37. The van der Waals surface area contributed by atoms with Crippen LogP contribution in [0.1, 0.15) is 55.2 Å². The van der Waals surface area contributed by atoms with Gasteiger partial charge in [-0.25, -0.2) is 0 Å². The number of hydrogen-bond donors (Lipinski definition) is 1. The van der Waals surface area contributed by atoms with Crippen molar-refractivity contribution in [3.05, 3.63) is 28.8 Å². The highest BCUT2D eigenvalue weighted by Crippen LogP contribution is 2.37. The maximum atomic E-state index is 12.4. The molecule has 0 bridgehead atoms. The number of benzene rings is 1. The van der Waals surface area contributed by atoms with Gasteiger partial charge >= 0.3 is 0 Å². The van der Waals surface area contributed by atoms with E-state index in [-0.39, 0.29) is 42.5 Å². The van der Waals surface area contributed by atoms with Gasteiger partial charge in [0.05, 0.1) is 18.4 Å². The van der Waals surface area contributed by atoms with E-state index in [1.165, 1.54) is 16.0 Å². The predicted octanol–water partition coefficient (Wildman–Crippen LogP) is 3.06. The van der Waals surface area contributed by atoms with Crippen molar-refractivity contribution >= 4 is 17.7 Å². The summed E-state index contributed by atoms with van der Waals surface area (Å²) in [5.74, 6) is 0.300. The molecule has 1 heterocycles. The van der Waals surface area contributed by atoms with Gasteiger partial charge in [-0.05, 0) is 62.8 Å². The normalized spacial score (nSPS) is 21.3. The summed E-state index contributed by atoms with van der Waals surface area (Å²) in [6.07, 6.45) is 4.49. The maximum Gasteiger partial charge on any atom is 0.233 e. The van der Waals surface area contributed by atoms with Gasteiger partial charge in [0, 0.05) is 19.5 Å². The van der Waals surface area contributed by atoms with Crippen molar-refractivity contribution in [2.75, 3.05) is 19.7 Å². The van der Waals surface area contributed by atoms with Crippen LogP contribution in [0, 0.1) is 32.6 Å². The first-order chi connectivity index (χ1) is 13.9. The number of carbonyl (C=O) groups excluding carboxylic acids is 3. The molecule has 6 nitrogen and oxygen atoms in total. The summed E-state index contributed by atoms with van der Waals surface area (Å²) in [4.78, 5) is 38.3. The largest absolute Gasteiger partial charge is 0.493 e. The topological polar surface area (TPSA) is 75.7 Å². The summed E-state index contributed by atoms with van der Waals surface area (Å²) in [6.45, 7) is 7.38. The Kier molecular flexibility index (Phi) is 6.93. The van der Waals surface area contributed by atoms with Crippen LogP contribution in [0.25, 0.3) is 0 Å². The van der Waals surface area contributed by atoms with Crippen molar-refractivity contribution in [2.24, 2.45) is 11.8 Å². The molecule has 158 valence electrons. The molecule has 1 aromatic rings. The van der Waals surface area contributed by atoms with Crippen molar-refractivity contribution < 1.29 is 19.1 Å². The van der Waals surface area contributed by atoms with E-state index in [0.717, 1.165) is 37.0 Å². The van der Waals surface area contributed by atoms with Crippen molar-refractivity contribution in [1.29, 1.82) is 0 Å². The van der Waals surface area contributed by atoms with E-state index in [2.05, 4.69) is 18.3 Å². The summed E-state index contributed by atoms with van der Waals surface area (Å²) in [5, 5.41) is 2.85. The monoisotopic (exact) mass is 400 g/mol. The first kappa shape index (κ1) is 21.3. The number of fused-ring (bicyclic) bond motifs is 1. The van der Waals surface area contributed by atoms with E-state index >= 15 is 0 Å². The SMILES string of the molecule is Cc1cc(C)c(C)c(OCCCNC(=O)CCN2C(=O)[C@H]3CCCC[C@H]3C2=O)c1. The average Bonchev–Trinajstić information content (AvgIpc) is 2.94. The number of rotatable bonds is 8. The van der Waals surface area contributed by atoms with Gasteiger partial charge in [-0.1, -0.05) is 18.9 Å². The summed E-state index contributed by atoms with van der Waals surface area (Å²) in [6, 6.07) is 4.16. The summed E-state index contributed by atoms with van der Waals surface area (Å²) >= 11 is 0.